The molecule has 0 fully saturated rings. The summed E-state index contributed by atoms with van der Waals surface area (Å²) in [5.41, 5.74) is 3.53. The molecule has 44 heavy (non-hydrogen) atoms. The normalized spacial score (nSPS) is 11.8. The van der Waals surface area contributed by atoms with Crippen LogP contribution >= 0.6 is 34.7 Å². The van der Waals surface area contributed by atoms with Crippen molar-refractivity contribution in [3.05, 3.63) is 136 Å². The number of halogens is 1. The summed E-state index contributed by atoms with van der Waals surface area (Å²) in [6.45, 7) is 1.82. The Morgan fingerprint density at radius 3 is 2.18 bits per heavy atom. The molecule has 0 aliphatic heterocycles. The second-order valence-electron chi connectivity index (χ2n) is 9.56. The van der Waals surface area contributed by atoms with Gasteiger partial charge in [0, 0.05) is 32.1 Å². The highest BCUT2D eigenvalue weighted by atomic mass is 35.5. The minimum absolute atomic E-state index is 0.0718. The molecule has 1 heterocycles. The molecule has 0 saturated carbocycles. The lowest BCUT2D eigenvalue weighted by Crippen LogP contribution is -2.30. The SMILES string of the molecule is CC(Sc1ccc(NC(=O)/C(=C/c2ccc(Cl)cc2)NC(=O)c2ccccc2)cc1)C(=O)Nc1nc(-c2ccccc2)cs1. The van der Waals surface area contributed by atoms with Crippen molar-refractivity contribution in [1.82, 2.24) is 10.3 Å². The lowest BCUT2D eigenvalue weighted by atomic mass is 10.1. The maximum Gasteiger partial charge on any atom is 0.272 e. The van der Waals surface area contributed by atoms with E-state index in [0.717, 1.165) is 16.2 Å². The first-order chi connectivity index (χ1) is 21.3. The molecule has 1 unspecified atom stereocenters. The van der Waals surface area contributed by atoms with Crippen molar-refractivity contribution in [2.75, 3.05) is 10.6 Å². The summed E-state index contributed by atoms with van der Waals surface area (Å²) in [6.07, 6.45) is 1.59. The molecular weight excluding hydrogens is 612 g/mol. The van der Waals surface area contributed by atoms with Crippen LogP contribution < -0.4 is 16.0 Å². The maximum atomic E-state index is 13.3. The van der Waals surface area contributed by atoms with Gasteiger partial charge in [0.2, 0.25) is 5.91 Å². The number of nitrogens with one attached hydrogen (secondary N) is 3. The number of benzene rings is 4. The van der Waals surface area contributed by atoms with Gasteiger partial charge in [0.05, 0.1) is 10.9 Å². The number of carbonyl (C=O) groups excluding carboxylic acids is 3. The molecular formula is C34H27ClN4O3S2. The fourth-order valence-corrected chi connectivity index (χ4v) is 5.74. The summed E-state index contributed by atoms with van der Waals surface area (Å²) in [6, 6.07) is 32.5. The van der Waals surface area contributed by atoms with E-state index < -0.39 is 11.8 Å². The molecule has 0 bridgehead atoms. The number of carbonyl (C=O) groups is 3. The van der Waals surface area contributed by atoms with Gasteiger partial charge in [-0.15, -0.1) is 23.1 Å². The highest BCUT2D eigenvalue weighted by Crippen LogP contribution is 2.28. The van der Waals surface area contributed by atoms with Crippen LogP contribution in [0.4, 0.5) is 10.8 Å². The van der Waals surface area contributed by atoms with E-state index in [2.05, 4.69) is 20.9 Å². The van der Waals surface area contributed by atoms with E-state index in [4.69, 9.17) is 11.6 Å². The number of anilines is 2. The molecule has 1 aromatic heterocycles. The summed E-state index contributed by atoms with van der Waals surface area (Å²) in [7, 11) is 0. The summed E-state index contributed by atoms with van der Waals surface area (Å²) in [5.74, 6) is -1.06. The summed E-state index contributed by atoms with van der Waals surface area (Å²) in [5, 5.41) is 11.1. The molecule has 3 amide bonds. The van der Waals surface area contributed by atoms with Crippen molar-refractivity contribution in [2.45, 2.75) is 17.1 Å². The standard InChI is InChI=1S/C34H27ClN4O3S2/c1-22(31(40)39-34-38-30(21-43-34)24-8-4-2-5-9-24)44-28-18-16-27(17-19-28)36-33(42)29(20-23-12-14-26(35)15-13-23)37-32(41)25-10-6-3-7-11-25/h2-22H,1H3,(H,36,42)(H,37,41)(H,38,39,40)/b29-20-. The highest BCUT2D eigenvalue weighted by Gasteiger charge is 2.18. The number of thioether (sulfide) groups is 1. The average molecular weight is 639 g/mol. The van der Waals surface area contributed by atoms with Crippen molar-refractivity contribution in [3.63, 3.8) is 0 Å². The summed E-state index contributed by atoms with van der Waals surface area (Å²) in [4.78, 5) is 44.4. The molecule has 0 spiro atoms. The third-order valence-corrected chi connectivity index (χ3v) is 8.43. The van der Waals surface area contributed by atoms with Crippen molar-refractivity contribution in [3.8, 4) is 11.3 Å². The van der Waals surface area contributed by atoms with Gasteiger partial charge in [0.1, 0.15) is 5.70 Å². The Hall–Kier alpha value is -4.70. The van der Waals surface area contributed by atoms with E-state index in [1.807, 2.05) is 60.8 Å². The number of aromatic nitrogens is 1. The summed E-state index contributed by atoms with van der Waals surface area (Å²) < 4.78 is 0. The zero-order valence-electron chi connectivity index (χ0n) is 23.5. The molecule has 0 radical (unpaired) electrons. The Kier molecular flexibility index (Phi) is 10.2. The van der Waals surface area contributed by atoms with Crippen LogP contribution in [0, 0.1) is 0 Å². The molecule has 0 aliphatic carbocycles. The number of rotatable bonds is 10. The van der Waals surface area contributed by atoms with Gasteiger partial charge < -0.3 is 16.0 Å². The van der Waals surface area contributed by atoms with Crippen LogP contribution in [0.5, 0.6) is 0 Å². The molecule has 5 aromatic rings. The Morgan fingerprint density at radius 2 is 1.50 bits per heavy atom. The van der Waals surface area contributed by atoms with Crippen LogP contribution in [0.15, 0.2) is 125 Å². The Bertz CT molecular complexity index is 1780. The number of nitrogens with zero attached hydrogens (tertiary/aromatic N) is 1. The van der Waals surface area contributed by atoms with Gasteiger partial charge in [-0.1, -0.05) is 72.3 Å². The van der Waals surface area contributed by atoms with E-state index in [1.165, 1.54) is 23.1 Å². The molecule has 3 N–H and O–H groups in total. The third kappa shape index (κ3) is 8.44. The smallest absolute Gasteiger partial charge is 0.272 e. The van der Waals surface area contributed by atoms with Crippen LogP contribution in [0.25, 0.3) is 17.3 Å². The predicted octanol–water partition coefficient (Wildman–Crippen LogP) is 7.99. The third-order valence-electron chi connectivity index (χ3n) is 6.31. The van der Waals surface area contributed by atoms with Crippen LogP contribution in [0.2, 0.25) is 5.02 Å². The van der Waals surface area contributed by atoms with Crippen molar-refractivity contribution < 1.29 is 14.4 Å². The summed E-state index contributed by atoms with van der Waals surface area (Å²) >= 11 is 8.78. The van der Waals surface area contributed by atoms with Crippen LogP contribution in [0.1, 0.15) is 22.8 Å². The monoisotopic (exact) mass is 638 g/mol. The van der Waals surface area contributed by atoms with Gasteiger partial charge in [0.15, 0.2) is 5.13 Å². The molecule has 1 atom stereocenters. The molecule has 0 aliphatic rings. The average Bonchev–Trinajstić information content (AvgIpc) is 3.52. The minimum Gasteiger partial charge on any atom is -0.321 e. The van der Waals surface area contributed by atoms with Crippen LogP contribution in [-0.2, 0) is 9.59 Å². The molecule has 5 rings (SSSR count). The van der Waals surface area contributed by atoms with E-state index >= 15 is 0 Å². The van der Waals surface area contributed by atoms with Gasteiger partial charge in [-0.05, 0) is 67.1 Å². The molecule has 220 valence electrons. The lowest BCUT2D eigenvalue weighted by Gasteiger charge is -2.13. The molecule has 4 aromatic carbocycles. The minimum atomic E-state index is -0.490. The molecule has 0 saturated heterocycles. The fraction of sp³-hybridized carbons (Fsp3) is 0.0588. The van der Waals surface area contributed by atoms with Crippen LogP contribution in [0.3, 0.4) is 0 Å². The molecule has 10 heteroatoms. The first-order valence-corrected chi connectivity index (χ1v) is 15.7. The van der Waals surface area contributed by atoms with Gasteiger partial charge >= 0.3 is 0 Å². The number of amides is 3. The largest absolute Gasteiger partial charge is 0.321 e. The zero-order valence-corrected chi connectivity index (χ0v) is 25.9. The van der Waals surface area contributed by atoms with Crippen molar-refractivity contribution in [2.24, 2.45) is 0 Å². The van der Waals surface area contributed by atoms with Gasteiger partial charge in [-0.3, -0.25) is 14.4 Å². The Labute approximate surface area is 268 Å². The second kappa shape index (κ2) is 14.7. The van der Waals surface area contributed by atoms with E-state index in [1.54, 1.807) is 66.7 Å². The lowest BCUT2D eigenvalue weighted by molar-refractivity contribution is -0.115. The van der Waals surface area contributed by atoms with Gasteiger partial charge in [-0.25, -0.2) is 4.98 Å². The highest BCUT2D eigenvalue weighted by molar-refractivity contribution is 8.00. The predicted molar refractivity (Wildman–Crippen MR) is 180 cm³/mol. The first-order valence-electron chi connectivity index (χ1n) is 13.6. The Morgan fingerprint density at radius 1 is 0.841 bits per heavy atom. The maximum absolute atomic E-state index is 13.3. The fourth-order valence-electron chi connectivity index (χ4n) is 4.02. The van der Waals surface area contributed by atoms with E-state index in [-0.39, 0.29) is 16.9 Å². The topological polar surface area (TPSA) is 100 Å². The zero-order chi connectivity index (χ0) is 30.9. The van der Waals surface area contributed by atoms with E-state index in [9.17, 15) is 14.4 Å². The number of hydrogen-bond acceptors (Lipinski definition) is 6. The van der Waals surface area contributed by atoms with Gasteiger partial charge in [0.25, 0.3) is 11.8 Å². The number of hydrogen-bond donors (Lipinski definition) is 3. The van der Waals surface area contributed by atoms with Crippen molar-refractivity contribution in [1.29, 1.82) is 0 Å². The molecule has 7 nitrogen and oxygen atoms in total. The first kappa shape index (κ1) is 30.7. The Balaban J connectivity index is 1.21. The number of thiazole rings is 1. The van der Waals surface area contributed by atoms with Gasteiger partial charge in [-0.2, -0.15) is 0 Å². The second-order valence-corrected chi connectivity index (χ2v) is 12.3. The van der Waals surface area contributed by atoms with Crippen molar-refractivity contribution >= 4 is 69.3 Å². The quantitative estimate of drug-likeness (QED) is 0.106. The van der Waals surface area contributed by atoms with E-state index in [0.29, 0.717) is 27.0 Å². The van der Waals surface area contributed by atoms with Crippen LogP contribution in [-0.4, -0.2) is 28.0 Å².